The molecule has 0 bridgehead atoms. The van der Waals surface area contributed by atoms with Crippen LogP contribution in [0.5, 0.6) is 0 Å². The minimum absolute atomic E-state index is 0.0536. The predicted octanol–water partition coefficient (Wildman–Crippen LogP) is 5.27. The molecule has 4 aromatic rings. The van der Waals surface area contributed by atoms with Crippen molar-refractivity contribution in [3.8, 4) is 10.4 Å². The van der Waals surface area contributed by atoms with Crippen molar-refractivity contribution >= 4 is 61.4 Å². The Morgan fingerprint density at radius 1 is 0.970 bits per heavy atom. The van der Waals surface area contributed by atoms with Gasteiger partial charge in [0.05, 0.1) is 21.0 Å². The lowest BCUT2D eigenvalue weighted by Crippen LogP contribution is -2.14. The Labute approximate surface area is 203 Å². The molecule has 0 aliphatic heterocycles. The first-order valence-corrected chi connectivity index (χ1v) is 12.4. The molecule has 0 saturated heterocycles. The summed E-state index contributed by atoms with van der Waals surface area (Å²) < 4.78 is 28.2. The second-order valence-corrected chi connectivity index (χ2v) is 10.2. The van der Waals surface area contributed by atoms with E-state index in [4.69, 9.17) is 23.2 Å². The van der Waals surface area contributed by atoms with Gasteiger partial charge in [-0.3, -0.25) is 14.8 Å². The fourth-order valence-corrected chi connectivity index (χ4v) is 5.15. The average molecular weight is 520 g/mol. The van der Waals surface area contributed by atoms with E-state index in [-0.39, 0.29) is 21.0 Å². The summed E-state index contributed by atoms with van der Waals surface area (Å²) in [6.07, 6.45) is 1.36. The van der Waals surface area contributed by atoms with Gasteiger partial charge in [0.2, 0.25) is 0 Å². The van der Waals surface area contributed by atoms with Crippen molar-refractivity contribution in [3.63, 3.8) is 0 Å². The molecule has 0 spiro atoms. The minimum Gasteiger partial charge on any atom is -0.298 e. The number of pyridine rings is 2. The van der Waals surface area contributed by atoms with Gasteiger partial charge in [-0.1, -0.05) is 52.7 Å². The molecule has 12 heteroatoms. The molecule has 0 atom stereocenters. The number of benzene rings is 1. The second kappa shape index (κ2) is 9.44. The lowest BCUT2D eigenvalue weighted by atomic mass is 10.2. The van der Waals surface area contributed by atoms with Crippen LogP contribution in [0, 0.1) is 6.92 Å². The average Bonchev–Trinajstić information content (AvgIpc) is 3.14. The number of nitrogens with one attached hydrogen (secondary N) is 2. The maximum atomic E-state index is 12.8. The molecule has 0 aliphatic carbocycles. The number of thiazole rings is 1. The van der Waals surface area contributed by atoms with Gasteiger partial charge in [-0.25, -0.2) is 23.4 Å². The quantitative estimate of drug-likeness (QED) is 0.335. The van der Waals surface area contributed by atoms with Gasteiger partial charge in [-0.05, 0) is 43.3 Å². The van der Waals surface area contributed by atoms with Gasteiger partial charge in [0, 0.05) is 11.8 Å². The molecule has 0 radical (unpaired) electrons. The molecule has 0 aliphatic rings. The number of carbonyl (C=O) groups is 1. The van der Waals surface area contributed by atoms with E-state index in [1.807, 2.05) is 0 Å². The zero-order chi connectivity index (χ0) is 23.6. The molecule has 8 nitrogen and oxygen atoms in total. The Balaban J connectivity index is 1.65. The second-order valence-electron chi connectivity index (χ2n) is 6.71. The van der Waals surface area contributed by atoms with Crippen molar-refractivity contribution < 1.29 is 13.2 Å². The third kappa shape index (κ3) is 5.31. The van der Waals surface area contributed by atoms with Crippen LogP contribution >= 0.6 is 34.5 Å². The van der Waals surface area contributed by atoms with Crippen LogP contribution in [0.25, 0.3) is 10.4 Å². The first kappa shape index (κ1) is 23.1. The summed E-state index contributed by atoms with van der Waals surface area (Å²) in [6, 6.07) is 14.2. The van der Waals surface area contributed by atoms with Crippen molar-refractivity contribution in [3.05, 3.63) is 82.4 Å². The molecular weight excluding hydrogens is 505 g/mol. The Morgan fingerprint density at radius 2 is 1.70 bits per heavy atom. The number of amides is 1. The molecule has 33 heavy (non-hydrogen) atoms. The highest BCUT2D eigenvalue weighted by molar-refractivity contribution is 7.92. The molecule has 4 rings (SSSR count). The van der Waals surface area contributed by atoms with Crippen LogP contribution in [0.3, 0.4) is 0 Å². The lowest BCUT2D eigenvalue weighted by Gasteiger charge is -2.11. The Hall–Kier alpha value is -3.05. The Kier molecular flexibility index (Phi) is 6.61. The first-order valence-electron chi connectivity index (χ1n) is 9.38. The zero-order valence-corrected chi connectivity index (χ0v) is 20.1. The standard InChI is InChI=1S/C21H15Cl2N5O3S2/c1-12-18(32-21(25-12)27-20(29)13-7-9-16(22)24-11-13)15-8-10-17(23)26-19(15)28-33(30,31)14-5-3-2-4-6-14/h2-11H,1H3,(H,26,28)(H,25,27,29). The summed E-state index contributed by atoms with van der Waals surface area (Å²) >= 11 is 13.0. The SMILES string of the molecule is Cc1nc(NC(=O)c2ccc(Cl)nc2)sc1-c1ccc(Cl)nc1NS(=O)(=O)c1ccccc1. The highest BCUT2D eigenvalue weighted by Gasteiger charge is 2.21. The highest BCUT2D eigenvalue weighted by atomic mass is 35.5. The molecule has 0 fully saturated rings. The summed E-state index contributed by atoms with van der Waals surface area (Å²) in [4.78, 5) is 25.7. The van der Waals surface area contributed by atoms with E-state index in [0.717, 1.165) is 0 Å². The monoisotopic (exact) mass is 519 g/mol. The molecule has 168 valence electrons. The van der Waals surface area contributed by atoms with Gasteiger partial charge < -0.3 is 0 Å². The van der Waals surface area contributed by atoms with Crippen LogP contribution in [-0.2, 0) is 10.0 Å². The normalized spacial score (nSPS) is 11.2. The molecule has 1 aromatic carbocycles. The summed E-state index contributed by atoms with van der Waals surface area (Å²) in [6.45, 7) is 1.75. The molecule has 1 amide bonds. The molecule has 3 heterocycles. The topological polar surface area (TPSA) is 114 Å². The van der Waals surface area contributed by atoms with Crippen molar-refractivity contribution in [2.24, 2.45) is 0 Å². The number of sulfonamides is 1. The fraction of sp³-hybridized carbons (Fsp3) is 0.0476. The first-order chi connectivity index (χ1) is 15.7. The van der Waals surface area contributed by atoms with Gasteiger partial charge >= 0.3 is 0 Å². The Bertz CT molecular complexity index is 1430. The summed E-state index contributed by atoms with van der Waals surface area (Å²) in [5, 5.41) is 3.44. The summed E-state index contributed by atoms with van der Waals surface area (Å²) in [5.41, 5.74) is 1.37. The third-order valence-electron chi connectivity index (χ3n) is 4.40. The number of aromatic nitrogens is 3. The van der Waals surface area contributed by atoms with Crippen molar-refractivity contribution in [2.45, 2.75) is 11.8 Å². The fourth-order valence-electron chi connectivity index (χ4n) is 2.86. The van der Waals surface area contributed by atoms with Crippen molar-refractivity contribution in [1.29, 1.82) is 0 Å². The van der Waals surface area contributed by atoms with Gasteiger partial charge in [0.25, 0.3) is 15.9 Å². The van der Waals surface area contributed by atoms with E-state index in [0.29, 0.717) is 26.8 Å². The molecule has 0 unspecified atom stereocenters. The smallest absolute Gasteiger partial charge is 0.263 e. The number of hydrogen-bond acceptors (Lipinski definition) is 7. The van der Waals surface area contributed by atoms with Crippen LogP contribution in [0.2, 0.25) is 10.3 Å². The van der Waals surface area contributed by atoms with Crippen molar-refractivity contribution in [2.75, 3.05) is 10.0 Å². The van der Waals surface area contributed by atoms with Gasteiger partial charge in [0.15, 0.2) is 5.13 Å². The number of anilines is 2. The van der Waals surface area contributed by atoms with Gasteiger partial charge in [0.1, 0.15) is 16.1 Å². The van der Waals surface area contributed by atoms with E-state index in [9.17, 15) is 13.2 Å². The number of nitrogens with zero attached hydrogens (tertiary/aromatic N) is 3. The van der Waals surface area contributed by atoms with Gasteiger partial charge in [-0.2, -0.15) is 0 Å². The predicted molar refractivity (Wildman–Crippen MR) is 130 cm³/mol. The van der Waals surface area contributed by atoms with E-state index >= 15 is 0 Å². The van der Waals surface area contributed by atoms with Gasteiger partial charge in [-0.15, -0.1) is 0 Å². The maximum absolute atomic E-state index is 12.8. The molecule has 0 saturated carbocycles. The molecular formula is C21H15Cl2N5O3S2. The largest absolute Gasteiger partial charge is 0.298 e. The summed E-state index contributed by atoms with van der Waals surface area (Å²) in [7, 11) is -3.90. The molecule has 2 N–H and O–H groups in total. The van der Waals surface area contributed by atoms with Crippen molar-refractivity contribution in [1.82, 2.24) is 15.0 Å². The van der Waals surface area contributed by atoms with Crippen LogP contribution < -0.4 is 10.0 Å². The maximum Gasteiger partial charge on any atom is 0.263 e. The zero-order valence-electron chi connectivity index (χ0n) is 16.9. The summed E-state index contributed by atoms with van der Waals surface area (Å²) in [5.74, 6) is -0.350. The Morgan fingerprint density at radius 3 is 2.39 bits per heavy atom. The third-order valence-corrected chi connectivity index (χ3v) is 7.29. The minimum atomic E-state index is -3.90. The van der Waals surface area contributed by atoms with Crippen LogP contribution in [0.4, 0.5) is 10.9 Å². The number of carbonyl (C=O) groups excluding carboxylic acids is 1. The van der Waals surface area contributed by atoms with E-state index in [1.54, 1.807) is 43.3 Å². The van der Waals surface area contributed by atoms with E-state index in [1.165, 1.54) is 35.7 Å². The molecule has 3 aromatic heterocycles. The number of aryl methyl sites for hydroxylation is 1. The number of halogens is 2. The number of hydrogen-bond donors (Lipinski definition) is 2. The lowest BCUT2D eigenvalue weighted by molar-refractivity contribution is 0.102. The van der Waals surface area contributed by atoms with Crippen LogP contribution in [-0.4, -0.2) is 29.3 Å². The number of rotatable bonds is 6. The van der Waals surface area contributed by atoms with E-state index < -0.39 is 15.9 Å². The van der Waals surface area contributed by atoms with Crippen LogP contribution in [0.15, 0.2) is 65.7 Å². The van der Waals surface area contributed by atoms with E-state index in [2.05, 4.69) is 25.0 Å². The highest BCUT2D eigenvalue weighted by Crippen LogP contribution is 2.37. The van der Waals surface area contributed by atoms with Crippen LogP contribution in [0.1, 0.15) is 16.1 Å².